The number of nitrogens with one attached hydrogen (secondary N) is 3. The minimum Gasteiger partial charge on any atom is -0.346 e. The van der Waals surface area contributed by atoms with Crippen LogP contribution in [0.25, 0.3) is 0 Å². The van der Waals surface area contributed by atoms with Gasteiger partial charge in [0.1, 0.15) is 11.7 Å². The molecule has 0 spiro atoms. The Bertz CT molecular complexity index is 1550. The number of hydrogen-bond donors (Lipinski definition) is 4. The van der Waals surface area contributed by atoms with Crippen LogP contribution in [0.1, 0.15) is 79.9 Å². The van der Waals surface area contributed by atoms with Gasteiger partial charge < -0.3 is 21.7 Å². The number of aryl methyl sites for hydroxylation is 1. The minimum absolute atomic E-state index is 0.0419. The molecule has 5 rings (SSSR count). The van der Waals surface area contributed by atoms with E-state index in [0.29, 0.717) is 30.8 Å². The first kappa shape index (κ1) is 35.0. The Morgan fingerprint density at radius 1 is 0.958 bits per heavy atom. The van der Waals surface area contributed by atoms with Crippen LogP contribution in [0.5, 0.6) is 0 Å². The first-order valence-corrected chi connectivity index (χ1v) is 17.2. The summed E-state index contributed by atoms with van der Waals surface area (Å²) >= 11 is 0. The zero-order valence-electron chi connectivity index (χ0n) is 28.1. The van der Waals surface area contributed by atoms with Crippen LogP contribution in [0.15, 0.2) is 66.9 Å². The van der Waals surface area contributed by atoms with Crippen LogP contribution >= 0.6 is 0 Å². The molecule has 2 aromatic carbocycles. The number of benzene rings is 2. The number of anilines is 1. The lowest BCUT2D eigenvalue weighted by Crippen LogP contribution is -2.50. The third kappa shape index (κ3) is 9.38. The lowest BCUT2D eigenvalue weighted by Gasteiger charge is -2.30. The molecule has 11 heteroatoms. The Morgan fingerprint density at radius 2 is 1.69 bits per heavy atom. The van der Waals surface area contributed by atoms with Crippen molar-refractivity contribution >= 4 is 29.2 Å². The molecule has 2 aliphatic rings. The van der Waals surface area contributed by atoms with Crippen molar-refractivity contribution in [3.63, 3.8) is 0 Å². The number of likely N-dealkylation sites (tertiary alicyclic amines) is 1. The first-order valence-electron chi connectivity index (χ1n) is 17.2. The van der Waals surface area contributed by atoms with Crippen LogP contribution in [0.3, 0.4) is 0 Å². The van der Waals surface area contributed by atoms with E-state index in [1.165, 1.54) is 10.2 Å². The maximum Gasteiger partial charge on any atom is 0.270 e. The second kappa shape index (κ2) is 16.2. The fourth-order valence-corrected chi connectivity index (χ4v) is 6.97. The Balaban J connectivity index is 1.21. The molecule has 2 fully saturated rings. The zero-order valence-corrected chi connectivity index (χ0v) is 28.1. The van der Waals surface area contributed by atoms with Gasteiger partial charge in [-0.25, -0.2) is 0 Å². The first-order chi connectivity index (χ1) is 23.1. The molecule has 1 aromatic heterocycles. The summed E-state index contributed by atoms with van der Waals surface area (Å²) in [5.41, 5.74) is 9.14. The minimum atomic E-state index is -0.709. The molecule has 0 radical (unpaired) electrons. The second-order valence-corrected chi connectivity index (χ2v) is 13.5. The van der Waals surface area contributed by atoms with E-state index < -0.39 is 17.6 Å². The van der Waals surface area contributed by atoms with Gasteiger partial charge in [0.2, 0.25) is 11.8 Å². The van der Waals surface area contributed by atoms with Gasteiger partial charge in [0.15, 0.2) is 5.78 Å². The smallest absolute Gasteiger partial charge is 0.270 e. The lowest BCUT2D eigenvalue weighted by atomic mass is 9.83. The molecule has 256 valence electrons. The van der Waals surface area contributed by atoms with Crippen LogP contribution < -0.4 is 21.7 Å². The topological polar surface area (TPSA) is 151 Å². The fraction of sp³-hybridized carbons (Fsp3) is 0.486. The van der Waals surface area contributed by atoms with Crippen molar-refractivity contribution in [2.45, 2.75) is 88.9 Å². The summed E-state index contributed by atoms with van der Waals surface area (Å²) in [6, 6.07) is 17.7. The Labute approximate surface area is 283 Å². The van der Waals surface area contributed by atoms with Gasteiger partial charge in [-0.05, 0) is 60.9 Å². The molecule has 3 atom stereocenters. The number of amides is 3. The van der Waals surface area contributed by atoms with Crippen molar-refractivity contribution in [2.24, 2.45) is 18.7 Å². The molecule has 0 unspecified atom stereocenters. The standard InChI is InChI=1S/C37H49N7O4/c1-3-33(46)41-30(32(45)23-37(38)19-21-44(25-37)24-27-10-6-4-7-11-27)22-26-14-16-29(17-15-26)40-36(48)34(28-12-8-5-9-13-28)42-35(47)31-18-20-39-43(31)2/h4,6-7,10-11,14-18,20,28,30,34H,3,5,8-9,12-13,19,21-25,38H2,1-2H3,(H,40,48)(H,41,46)(H,42,47)/t30-,34+,37-/m1/s1. The molecule has 1 aliphatic heterocycles. The second-order valence-electron chi connectivity index (χ2n) is 13.5. The van der Waals surface area contributed by atoms with Gasteiger partial charge in [0, 0.05) is 56.9 Å². The van der Waals surface area contributed by atoms with Crippen molar-refractivity contribution < 1.29 is 19.2 Å². The van der Waals surface area contributed by atoms with Gasteiger partial charge in [0.25, 0.3) is 5.91 Å². The molecule has 1 saturated carbocycles. The third-order valence-corrected chi connectivity index (χ3v) is 9.69. The van der Waals surface area contributed by atoms with Crippen molar-refractivity contribution in [3.8, 4) is 0 Å². The summed E-state index contributed by atoms with van der Waals surface area (Å²) < 4.78 is 1.49. The lowest BCUT2D eigenvalue weighted by molar-refractivity contribution is -0.128. The molecule has 48 heavy (non-hydrogen) atoms. The summed E-state index contributed by atoms with van der Waals surface area (Å²) in [6.45, 7) is 3.97. The molecule has 1 aliphatic carbocycles. The summed E-state index contributed by atoms with van der Waals surface area (Å²) in [5.74, 6) is -0.832. The predicted octanol–water partition coefficient (Wildman–Crippen LogP) is 3.74. The molecule has 5 N–H and O–H groups in total. The van der Waals surface area contributed by atoms with Crippen LogP contribution in [0.2, 0.25) is 0 Å². The van der Waals surface area contributed by atoms with E-state index in [1.807, 2.05) is 30.3 Å². The van der Waals surface area contributed by atoms with Crippen molar-refractivity contribution in [1.82, 2.24) is 25.3 Å². The average Bonchev–Trinajstić information content (AvgIpc) is 3.69. The molecule has 2 heterocycles. The highest BCUT2D eigenvalue weighted by molar-refractivity contribution is 6.00. The monoisotopic (exact) mass is 655 g/mol. The van der Waals surface area contributed by atoms with Crippen LogP contribution in [0, 0.1) is 5.92 Å². The predicted molar refractivity (Wildman–Crippen MR) is 185 cm³/mol. The Hall–Kier alpha value is -4.35. The maximum atomic E-state index is 13.6. The summed E-state index contributed by atoms with van der Waals surface area (Å²) in [4.78, 5) is 55.0. The van der Waals surface area contributed by atoms with E-state index in [1.54, 1.807) is 38.4 Å². The van der Waals surface area contributed by atoms with Gasteiger partial charge >= 0.3 is 0 Å². The van der Waals surface area contributed by atoms with Gasteiger partial charge in [-0.2, -0.15) is 5.10 Å². The number of nitrogens with two attached hydrogens (primary N) is 1. The number of carbonyl (C=O) groups is 4. The van der Waals surface area contributed by atoms with Crippen molar-refractivity contribution in [1.29, 1.82) is 0 Å². The number of aromatic nitrogens is 2. The third-order valence-electron chi connectivity index (χ3n) is 9.69. The zero-order chi connectivity index (χ0) is 34.1. The number of hydrogen-bond acceptors (Lipinski definition) is 7. The highest BCUT2D eigenvalue weighted by Crippen LogP contribution is 2.28. The highest BCUT2D eigenvalue weighted by Gasteiger charge is 2.38. The summed E-state index contributed by atoms with van der Waals surface area (Å²) in [5, 5.41) is 13.0. The molecule has 11 nitrogen and oxygen atoms in total. The van der Waals surface area contributed by atoms with Crippen LogP contribution in [0.4, 0.5) is 5.69 Å². The van der Waals surface area contributed by atoms with Gasteiger partial charge in [-0.3, -0.25) is 28.8 Å². The SMILES string of the molecule is CCC(=O)N[C@H](Cc1ccc(NC(=O)[C@@H](NC(=O)c2ccnn2C)C2CCCCC2)cc1)C(=O)C[C@]1(N)CCN(Cc2ccccc2)C1. The molecular weight excluding hydrogens is 606 g/mol. The highest BCUT2D eigenvalue weighted by atomic mass is 16.2. The van der Waals surface area contributed by atoms with Gasteiger partial charge in [0.05, 0.1) is 6.04 Å². The van der Waals surface area contributed by atoms with Crippen molar-refractivity contribution in [2.75, 3.05) is 18.4 Å². The van der Waals surface area contributed by atoms with Gasteiger partial charge in [-0.1, -0.05) is 68.7 Å². The van der Waals surface area contributed by atoms with Crippen LogP contribution in [-0.2, 0) is 34.4 Å². The normalized spacial score (nSPS) is 19.7. The fourth-order valence-electron chi connectivity index (χ4n) is 6.97. The largest absolute Gasteiger partial charge is 0.346 e. The van der Waals surface area contributed by atoms with E-state index in [4.69, 9.17) is 5.73 Å². The number of Topliss-reactive ketones (excluding diaryl/α,β-unsaturated/α-hetero) is 1. The quantitative estimate of drug-likeness (QED) is 0.207. The van der Waals surface area contributed by atoms with Crippen LogP contribution in [-0.4, -0.2) is 68.9 Å². The van der Waals surface area contributed by atoms with E-state index in [-0.39, 0.29) is 42.3 Å². The molecule has 3 amide bonds. The number of carbonyl (C=O) groups excluding carboxylic acids is 4. The Kier molecular flexibility index (Phi) is 11.8. The number of rotatable bonds is 14. The summed E-state index contributed by atoms with van der Waals surface area (Å²) in [7, 11) is 1.70. The molecule has 1 saturated heterocycles. The van der Waals surface area contributed by atoms with E-state index in [0.717, 1.165) is 50.8 Å². The summed E-state index contributed by atoms with van der Waals surface area (Å²) in [6.07, 6.45) is 7.94. The Morgan fingerprint density at radius 3 is 2.35 bits per heavy atom. The van der Waals surface area contributed by atoms with Gasteiger partial charge in [-0.15, -0.1) is 0 Å². The van der Waals surface area contributed by atoms with Crippen molar-refractivity contribution in [3.05, 3.63) is 83.7 Å². The number of ketones is 1. The molecular formula is C37H49N7O4. The molecule has 0 bridgehead atoms. The maximum absolute atomic E-state index is 13.6. The molecule has 3 aromatic rings. The van der Waals surface area contributed by atoms with E-state index >= 15 is 0 Å². The van der Waals surface area contributed by atoms with E-state index in [9.17, 15) is 19.2 Å². The number of nitrogens with zero attached hydrogens (tertiary/aromatic N) is 3. The van der Waals surface area contributed by atoms with E-state index in [2.05, 4.69) is 38.1 Å². The average molecular weight is 656 g/mol.